The van der Waals surface area contributed by atoms with Crippen LogP contribution < -0.4 is 9.47 Å². The molecule has 0 aromatic heterocycles. The van der Waals surface area contributed by atoms with Gasteiger partial charge in [-0.3, -0.25) is 0 Å². The van der Waals surface area contributed by atoms with Crippen molar-refractivity contribution in [3.05, 3.63) is 71.8 Å². The lowest BCUT2D eigenvalue weighted by Crippen LogP contribution is -1.95. The summed E-state index contributed by atoms with van der Waals surface area (Å²) in [6.45, 7) is 0.388. The van der Waals surface area contributed by atoms with Gasteiger partial charge in [0.15, 0.2) is 11.6 Å². The molecule has 0 spiro atoms. The van der Waals surface area contributed by atoms with Gasteiger partial charge in [0.1, 0.15) is 18.1 Å². The summed E-state index contributed by atoms with van der Waals surface area (Å²) in [5.74, 6) is -0.319. The molecule has 112 valence electrons. The van der Waals surface area contributed by atoms with E-state index in [4.69, 9.17) is 9.47 Å². The van der Waals surface area contributed by atoms with Crippen molar-refractivity contribution >= 4 is 10.8 Å². The molecular weight excluding hydrogens is 286 g/mol. The molecule has 0 saturated carbocycles. The van der Waals surface area contributed by atoms with E-state index in [1.807, 2.05) is 24.3 Å². The number of benzene rings is 3. The molecule has 0 bridgehead atoms. The van der Waals surface area contributed by atoms with Gasteiger partial charge in [0, 0.05) is 0 Å². The van der Waals surface area contributed by atoms with E-state index in [2.05, 4.69) is 0 Å². The maximum absolute atomic E-state index is 13.3. The molecule has 0 N–H and O–H groups in total. The molecule has 4 heteroatoms. The topological polar surface area (TPSA) is 18.5 Å². The Bertz CT molecular complexity index is 798. The first kappa shape index (κ1) is 14.3. The normalized spacial score (nSPS) is 10.7. The highest BCUT2D eigenvalue weighted by Crippen LogP contribution is 2.24. The number of fused-ring (bicyclic) bond motifs is 1. The second-order valence-corrected chi connectivity index (χ2v) is 4.91. The number of ether oxygens (including phenoxy) is 2. The first-order valence-corrected chi connectivity index (χ1v) is 6.80. The lowest BCUT2D eigenvalue weighted by molar-refractivity contribution is 0.306. The summed E-state index contributed by atoms with van der Waals surface area (Å²) in [7, 11) is 1.61. The van der Waals surface area contributed by atoms with Gasteiger partial charge in [0.05, 0.1) is 7.11 Å². The van der Waals surface area contributed by atoms with Crippen molar-refractivity contribution in [2.24, 2.45) is 0 Å². The lowest BCUT2D eigenvalue weighted by atomic mass is 10.1. The number of methoxy groups -OCH3 is 1. The molecule has 3 aromatic rings. The zero-order valence-corrected chi connectivity index (χ0v) is 12.0. The highest BCUT2D eigenvalue weighted by molar-refractivity contribution is 5.84. The molecule has 0 fully saturated rings. The summed E-state index contributed by atoms with van der Waals surface area (Å²) in [4.78, 5) is 0. The molecule has 0 heterocycles. The smallest absolute Gasteiger partial charge is 0.159 e. The molecule has 3 aromatic carbocycles. The third-order valence-electron chi connectivity index (χ3n) is 3.42. The largest absolute Gasteiger partial charge is 0.497 e. The van der Waals surface area contributed by atoms with Gasteiger partial charge in [-0.05, 0) is 52.7 Å². The molecule has 22 heavy (non-hydrogen) atoms. The van der Waals surface area contributed by atoms with E-state index in [9.17, 15) is 8.78 Å². The van der Waals surface area contributed by atoms with Crippen LogP contribution in [0.15, 0.2) is 54.6 Å². The molecule has 0 radical (unpaired) electrons. The van der Waals surface area contributed by atoms with Crippen LogP contribution in [0.4, 0.5) is 8.78 Å². The maximum atomic E-state index is 13.3. The van der Waals surface area contributed by atoms with Gasteiger partial charge < -0.3 is 9.47 Å². The minimum atomic E-state index is -0.861. The zero-order chi connectivity index (χ0) is 15.5. The fraction of sp³-hybridized carbons (Fsp3) is 0.111. The van der Waals surface area contributed by atoms with Crippen LogP contribution in [-0.2, 0) is 6.61 Å². The molecule has 0 saturated heterocycles. The first-order chi connectivity index (χ1) is 10.7. The molecule has 2 nitrogen and oxygen atoms in total. The Morgan fingerprint density at radius 1 is 0.773 bits per heavy atom. The lowest BCUT2D eigenvalue weighted by Gasteiger charge is -2.08. The average molecular weight is 300 g/mol. The number of hydrogen-bond acceptors (Lipinski definition) is 2. The molecule has 0 unspecified atom stereocenters. The number of halogens is 2. The SMILES string of the molecule is COc1ccc(COc2ccc3cc(F)c(F)cc3c2)cc1. The van der Waals surface area contributed by atoms with Crippen LogP contribution in [0.5, 0.6) is 11.5 Å². The van der Waals surface area contributed by atoms with Crippen LogP contribution >= 0.6 is 0 Å². The van der Waals surface area contributed by atoms with Crippen molar-refractivity contribution in [1.29, 1.82) is 0 Å². The van der Waals surface area contributed by atoms with Gasteiger partial charge in [-0.25, -0.2) is 8.78 Å². The minimum absolute atomic E-state index is 0.388. The van der Waals surface area contributed by atoms with Gasteiger partial charge in [-0.1, -0.05) is 18.2 Å². The highest BCUT2D eigenvalue weighted by atomic mass is 19.2. The predicted octanol–water partition coefficient (Wildman–Crippen LogP) is 4.71. The van der Waals surface area contributed by atoms with Crippen molar-refractivity contribution in [2.45, 2.75) is 6.61 Å². The standard InChI is InChI=1S/C18H14F2O2/c1-21-15-5-2-12(3-6-15)11-22-16-7-4-13-9-17(19)18(20)10-14(13)8-16/h2-10H,11H2,1H3. The second-order valence-electron chi connectivity index (χ2n) is 4.91. The summed E-state index contributed by atoms with van der Waals surface area (Å²) in [6.07, 6.45) is 0. The van der Waals surface area contributed by atoms with Crippen molar-refractivity contribution in [1.82, 2.24) is 0 Å². The van der Waals surface area contributed by atoms with E-state index in [1.165, 1.54) is 12.1 Å². The maximum Gasteiger partial charge on any atom is 0.159 e. The van der Waals surface area contributed by atoms with E-state index in [0.29, 0.717) is 23.1 Å². The fourth-order valence-corrected chi connectivity index (χ4v) is 2.20. The molecule has 0 atom stereocenters. The molecular formula is C18H14F2O2. The van der Waals surface area contributed by atoms with Crippen molar-refractivity contribution < 1.29 is 18.3 Å². The van der Waals surface area contributed by atoms with E-state index in [1.54, 1.807) is 25.3 Å². The fourth-order valence-electron chi connectivity index (χ4n) is 2.20. The van der Waals surface area contributed by atoms with Gasteiger partial charge in [0.25, 0.3) is 0 Å². The van der Waals surface area contributed by atoms with Crippen LogP contribution in [0, 0.1) is 11.6 Å². The van der Waals surface area contributed by atoms with Gasteiger partial charge in [-0.15, -0.1) is 0 Å². The van der Waals surface area contributed by atoms with E-state index >= 15 is 0 Å². The third-order valence-corrected chi connectivity index (χ3v) is 3.42. The number of rotatable bonds is 4. The Balaban J connectivity index is 1.77. The Kier molecular flexibility index (Phi) is 3.92. The highest BCUT2D eigenvalue weighted by Gasteiger charge is 2.05. The van der Waals surface area contributed by atoms with Gasteiger partial charge in [-0.2, -0.15) is 0 Å². The van der Waals surface area contributed by atoms with Gasteiger partial charge in [0.2, 0.25) is 0 Å². The van der Waals surface area contributed by atoms with Crippen LogP contribution in [0.1, 0.15) is 5.56 Å². The summed E-state index contributed by atoms with van der Waals surface area (Å²) in [5.41, 5.74) is 0.992. The van der Waals surface area contributed by atoms with Crippen molar-refractivity contribution in [3.63, 3.8) is 0 Å². The molecule has 0 aliphatic carbocycles. The summed E-state index contributed by atoms with van der Waals surface area (Å²) in [6, 6.07) is 15.0. The van der Waals surface area contributed by atoms with Crippen LogP contribution in [0.3, 0.4) is 0 Å². The summed E-state index contributed by atoms with van der Waals surface area (Å²) < 4.78 is 37.2. The number of hydrogen-bond donors (Lipinski definition) is 0. The second kappa shape index (κ2) is 6.02. The molecule has 3 rings (SSSR count). The van der Waals surface area contributed by atoms with Gasteiger partial charge >= 0.3 is 0 Å². The Morgan fingerprint density at radius 2 is 1.41 bits per heavy atom. The average Bonchev–Trinajstić information content (AvgIpc) is 2.54. The first-order valence-electron chi connectivity index (χ1n) is 6.80. The molecule has 0 aliphatic heterocycles. The molecule has 0 amide bonds. The van der Waals surface area contributed by atoms with Crippen LogP contribution in [0.2, 0.25) is 0 Å². The Morgan fingerprint density at radius 3 is 2.09 bits per heavy atom. The quantitative estimate of drug-likeness (QED) is 0.695. The zero-order valence-electron chi connectivity index (χ0n) is 12.0. The van der Waals surface area contributed by atoms with E-state index < -0.39 is 11.6 Å². The Labute approximate surface area is 126 Å². The summed E-state index contributed by atoms with van der Waals surface area (Å²) >= 11 is 0. The minimum Gasteiger partial charge on any atom is -0.497 e. The van der Waals surface area contributed by atoms with E-state index in [-0.39, 0.29) is 0 Å². The van der Waals surface area contributed by atoms with Crippen molar-refractivity contribution in [2.75, 3.05) is 7.11 Å². The van der Waals surface area contributed by atoms with Crippen molar-refractivity contribution in [3.8, 4) is 11.5 Å². The van der Waals surface area contributed by atoms with Crippen LogP contribution in [-0.4, -0.2) is 7.11 Å². The third kappa shape index (κ3) is 3.01. The van der Waals surface area contributed by atoms with E-state index in [0.717, 1.165) is 11.3 Å². The van der Waals surface area contributed by atoms with Crippen LogP contribution in [0.25, 0.3) is 10.8 Å². The Hall–Kier alpha value is -2.62. The summed E-state index contributed by atoms with van der Waals surface area (Å²) in [5, 5.41) is 1.24. The molecule has 0 aliphatic rings. The predicted molar refractivity (Wildman–Crippen MR) is 81.2 cm³/mol. The monoisotopic (exact) mass is 300 g/mol.